The first-order chi connectivity index (χ1) is 8.58. The number of nitrogens with zero attached hydrogens (tertiary/aromatic N) is 1. The van der Waals surface area contributed by atoms with Crippen molar-refractivity contribution in [2.45, 2.75) is 33.4 Å². The lowest BCUT2D eigenvalue weighted by atomic mass is 10.1. The van der Waals surface area contributed by atoms with E-state index in [1.165, 1.54) is 11.1 Å². The zero-order chi connectivity index (χ0) is 13.1. The van der Waals surface area contributed by atoms with Gasteiger partial charge in [-0.1, -0.05) is 23.7 Å². The molecule has 96 valence electrons. The summed E-state index contributed by atoms with van der Waals surface area (Å²) in [5, 5.41) is 11.5. The monoisotopic (exact) mass is 263 g/mol. The quantitative estimate of drug-likeness (QED) is 0.886. The van der Waals surface area contributed by atoms with Gasteiger partial charge in [0.15, 0.2) is 0 Å². The molecule has 1 aromatic carbocycles. The molecule has 4 heteroatoms. The van der Waals surface area contributed by atoms with E-state index in [0.717, 1.165) is 23.0 Å². The van der Waals surface area contributed by atoms with Crippen molar-refractivity contribution in [1.29, 1.82) is 0 Å². The van der Waals surface area contributed by atoms with Crippen LogP contribution in [-0.4, -0.2) is 10.2 Å². The van der Waals surface area contributed by atoms with Crippen LogP contribution in [0.25, 0.3) is 0 Å². The molecule has 0 aliphatic rings. The first-order valence-corrected chi connectivity index (χ1v) is 6.45. The van der Waals surface area contributed by atoms with Gasteiger partial charge in [0.25, 0.3) is 0 Å². The molecule has 0 amide bonds. The average Bonchev–Trinajstić information content (AvgIpc) is 2.66. The van der Waals surface area contributed by atoms with Crippen LogP contribution in [0.4, 0.5) is 0 Å². The summed E-state index contributed by atoms with van der Waals surface area (Å²) in [5.41, 5.74) is 4.61. The minimum Gasteiger partial charge on any atom is -0.306 e. The van der Waals surface area contributed by atoms with Crippen molar-refractivity contribution in [3.63, 3.8) is 0 Å². The van der Waals surface area contributed by atoms with Gasteiger partial charge in [-0.05, 0) is 38.5 Å². The Morgan fingerprint density at radius 2 is 2.17 bits per heavy atom. The minimum atomic E-state index is 0.261. The van der Waals surface area contributed by atoms with Crippen LogP contribution in [0.15, 0.2) is 24.3 Å². The number of hydrogen-bond donors (Lipinski definition) is 2. The molecule has 0 saturated carbocycles. The summed E-state index contributed by atoms with van der Waals surface area (Å²) >= 11 is 6.00. The first-order valence-electron chi connectivity index (χ1n) is 6.07. The molecule has 0 fully saturated rings. The van der Waals surface area contributed by atoms with E-state index in [2.05, 4.69) is 28.5 Å². The Labute approximate surface area is 113 Å². The predicted molar refractivity (Wildman–Crippen MR) is 74.8 cm³/mol. The highest BCUT2D eigenvalue weighted by atomic mass is 35.5. The second-order valence-electron chi connectivity index (χ2n) is 4.57. The van der Waals surface area contributed by atoms with Crippen molar-refractivity contribution in [2.24, 2.45) is 0 Å². The number of rotatable bonds is 4. The molecule has 0 aliphatic carbocycles. The summed E-state index contributed by atoms with van der Waals surface area (Å²) in [6.45, 7) is 7.00. The molecule has 1 aromatic heterocycles. The van der Waals surface area contributed by atoms with E-state index in [0.29, 0.717) is 0 Å². The van der Waals surface area contributed by atoms with Crippen LogP contribution in [0.5, 0.6) is 0 Å². The van der Waals surface area contributed by atoms with Crippen molar-refractivity contribution >= 4 is 11.6 Å². The number of benzene rings is 1. The Balaban J connectivity index is 2.02. The van der Waals surface area contributed by atoms with Crippen LogP contribution in [-0.2, 0) is 6.54 Å². The smallest absolute Gasteiger partial charge is 0.0638 e. The van der Waals surface area contributed by atoms with Crippen molar-refractivity contribution in [3.8, 4) is 0 Å². The Morgan fingerprint density at radius 1 is 1.39 bits per heavy atom. The van der Waals surface area contributed by atoms with Gasteiger partial charge in [-0.2, -0.15) is 5.10 Å². The number of H-pyrrole nitrogens is 1. The summed E-state index contributed by atoms with van der Waals surface area (Å²) in [6.07, 6.45) is 0. The van der Waals surface area contributed by atoms with E-state index in [1.54, 1.807) is 0 Å². The lowest BCUT2D eigenvalue weighted by molar-refractivity contribution is 0.572. The highest BCUT2D eigenvalue weighted by Gasteiger charge is 2.09. The SMILES string of the molecule is Cc1n[nH]c(C)c1CN[C@H](C)c1cccc(Cl)c1. The van der Waals surface area contributed by atoms with Gasteiger partial charge in [-0.25, -0.2) is 0 Å². The fourth-order valence-corrected chi connectivity index (χ4v) is 2.18. The van der Waals surface area contributed by atoms with Gasteiger partial charge < -0.3 is 5.32 Å². The largest absolute Gasteiger partial charge is 0.306 e. The maximum absolute atomic E-state index is 6.00. The molecule has 1 heterocycles. The van der Waals surface area contributed by atoms with Crippen LogP contribution in [0, 0.1) is 13.8 Å². The summed E-state index contributed by atoms with van der Waals surface area (Å²) in [6, 6.07) is 8.21. The standard InChI is InChI=1S/C14H18ClN3/c1-9(12-5-4-6-13(15)7-12)16-8-14-10(2)17-18-11(14)3/h4-7,9,16H,8H2,1-3H3,(H,17,18)/t9-/m1/s1. The van der Waals surface area contributed by atoms with Crippen LogP contribution >= 0.6 is 11.6 Å². The topological polar surface area (TPSA) is 40.7 Å². The number of aryl methyl sites for hydroxylation is 2. The summed E-state index contributed by atoms with van der Waals surface area (Å²) in [7, 11) is 0. The molecule has 0 unspecified atom stereocenters. The molecule has 2 N–H and O–H groups in total. The maximum Gasteiger partial charge on any atom is 0.0638 e. The third kappa shape index (κ3) is 2.92. The first kappa shape index (κ1) is 13.1. The second-order valence-corrected chi connectivity index (χ2v) is 5.01. The van der Waals surface area contributed by atoms with Gasteiger partial charge in [-0.3, -0.25) is 5.10 Å². The predicted octanol–water partition coefficient (Wildman–Crippen LogP) is 3.53. The molecule has 2 rings (SSSR count). The van der Waals surface area contributed by atoms with E-state index in [1.807, 2.05) is 32.0 Å². The number of hydrogen-bond acceptors (Lipinski definition) is 2. The molecule has 0 saturated heterocycles. The number of aromatic nitrogens is 2. The summed E-state index contributed by atoms with van der Waals surface area (Å²) < 4.78 is 0. The van der Waals surface area contributed by atoms with Crippen LogP contribution in [0.3, 0.4) is 0 Å². The molecular formula is C14H18ClN3. The third-order valence-corrected chi connectivity index (χ3v) is 3.45. The van der Waals surface area contributed by atoms with E-state index in [4.69, 9.17) is 11.6 Å². The second kappa shape index (κ2) is 5.55. The van der Waals surface area contributed by atoms with Gasteiger partial charge in [0, 0.05) is 28.9 Å². The normalized spacial score (nSPS) is 12.7. The van der Waals surface area contributed by atoms with Gasteiger partial charge in [-0.15, -0.1) is 0 Å². The molecule has 2 aromatic rings. The Hall–Kier alpha value is -1.32. The average molecular weight is 264 g/mol. The fraction of sp³-hybridized carbons (Fsp3) is 0.357. The number of aromatic amines is 1. The van der Waals surface area contributed by atoms with Crippen molar-refractivity contribution in [2.75, 3.05) is 0 Å². The fourth-order valence-electron chi connectivity index (χ4n) is 1.98. The lowest BCUT2D eigenvalue weighted by Gasteiger charge is -2.14. The van der Waals surface area contributed by atoms with Crippen LogP contribution in [0.2, 0.25) is 5.02 Å². The van der Waals surface area contributed by atoms with Gasteiger partial charge in [0.05, 0.1) is 5.69 Å². The highest BCUT2D eigenvalue weighted by molar-refractivity contribution is 6.30. The Kier molecular flexibility index (Phi) is 4.04. The minimum absolute atomic E-state index is 0.261. The Morgan fingerprint density at radius 3 is 2.78 bits per heavy atom. The van der Waals surface area contributed by atoms with E-state index < -0.39 is 0 Å². The molecule has 0 bridgehead atoms. The molecule has 3 nitrogen and oxygen atoms in total. The van der Waals surface area contributed by atoms with E-state index >= 15 is 0 Å². The molecule has 1 atom stereocenters. The molecule has 0 aliphatic heterocycles. The molecule has 0 spiro atoms. The van der Waals surface area contributed by atoms with Gasteiger partial charge >= 0.3 is 0 Å². The highest BCUT2D eigenvalue weighted by Crippen LogP contribution is 2.18. The van der Waals surface area contributed by atoms with Gasteiger partial charge in [0.1, 0.15) is 0 Å². The number of halogens is 1. The van der Waals surface area contributed by atoms with Crippen molar-refractivity contribution in [3.05, 3.63) is 51.8 Å². The van der Waals surface area contributed by atoms with Crippen molar-refractivity contribution in [1.82, 2.24) is 15.5 Å². The number of nitrogens with one attached hydrogen (secondary N) is 2. The Bertz CT molecular complexity index is 514. The van der Waals surface area contributed by atoms with Crippen molar-refractivity contribution < 1.29 is 0 Å². The van der Waals surface area contributed by atoms with Crippen LogP contribution < -0.4 is 5.32 Å². The van der Waals surface area contributed by atoms with Gasteiger partial charge in [0.2, 0.25) is 0 Å². The van der Waals surface area contributed by atoms with Crippen LogP contribution in [0.1, 0.15) is 35.5 Å². The summed E-state index contributed by atoms with van der Waals surface area (Å²) in [5.74, 6) is 0. The third-order valence-electron chi connectivity index (χ3n) is 3.21. The molecule has 18 heavy (non-hydrogen) atoms. The maximum atomic E-state index is 6.00. The molecular weight excluding hydrogens is 246 g/mol. The lowest BCUT2D eigenvalue weighted by Crippen LogP contribution is -2.18. The zero-order valence-corrected chi connectivity index (χ0v) is 11.7. The molecule has 0 radical (unpaired) electrons. The zero-order valence-electron chi connectivity index (χ0n) is 10.9. The van der Waals surface area contributed by atoms with E-state index in [-0.39, 0.29) is 6.04 Å². The van der Waals surface area contributed by atoms with E-state index in [9.17, 15) is 0 Å². The summed E-state index contributed by atoms with van der Waals surface area (Å²) in [4.78, 5) is 0.